The first-order chi connectivity index (χ1) is 9.95. The Balaban J connectivity index is 2.63. The van der Waals surface area contributed by atoms with E-state index in [1.807, 2.05) is 19.1 Å². The molecule has 0 radical (unpaired) electrons. The van der Waals surface area contributed by atoms with Gasteiger partial charge in [0.05, 0.1) is 6.04 Å². The van der Waals surface area contributed by atoms with Crippen molar-refractivity contribution in [2.45, 2.75) is 40.2 Å². The van der Waals surface area contributed by atoms with Crippen LogP contribution in [0.1, 0.15) is 44.4 Å². The second-order valence-electron chi connectivity index (χ2n) is 6.05. The molecule has 3 N–H and O–H groups in total. The van der Waals surface area contributed by atoms with Gasteiger partial charge in [-0.05, 0) is 36.3 Å². The van der Waals surface area contributed by atoms with E-state index in [-0.39, 0.29) is 24.6 Å². The molecule has 0 bridgehead atoms. The number of carbonyl (C=O) groups excluding carboxylic acids is 1. The van der Waals surface area contributed by atoms with Gasteiger partial charge in [-0.3, -0.25) is 0 Å². The normalized spacial score (nSPS) is 13.8. The molecule has 0 fully saturated rings. The summed E-state index contributed by atoms with van der Waals surface area (Å²) in [6.45, 7) is 9.01. The number of urea groups is 1. The Kier molecular flexibility index (Phi) is 7.23. The molecule has 0 saturated carbocycles. The number of hydrogen-bond acceptors (Lipinski definition) is 2. The fourth-order valence-corrected chi connectivity index (χ4v) is 2.32. The van der Waals surface area contributed by atoms with Gasteiger partial charge in [-0.25, -0.2) is 4.79 Å². The Bertz CT molecular complexity index is 446. The summed E-state index contributed by atoms with van der Waals surface area (Å²) in [6, 6.07) is 7.98. The number of nitrogens with one attached hydrogen (secondary N) is 2. The molecule has 0 saturated heterocycles. The summed E-state index contributed by atoms with van der Waals surface area (Å²) in [5.41, 5.74) is 2.34. The Morgan fingerprint density at radius 1 is 1.24 bits per heavy atom. The number of aryl methyl sites for hydroxylation is 1. The van der Waals surface area contributed by atoms with Crippen molar-refractivity contribution in [1.82, 2.24) is 10.6 Å². The SMILES string of the molecule is Cc1ccccc1C(NC(=O)NCC(C)CCO)C(C)C. The molecule has 4 heteroatoms. The Labute approximate surface area is 128 Å². The van der Waals surface area contributed by atoms with Crippen LogP contribution in [0.5, 0.6) is 0 Å². The second kappa shape index (κ2) is 8.67. The minimum Gasteiger partial charge on any atom is -0.396 e. The molecule has 1 aromatic rings. The average molecular weight is 292 g/mol. The van der Waals surface area contributed by atoms with Crippen LogP contribution in [-0.2, 0) is 0 Å². The van der Waals surface area contributed by atoms with Crippen molar-refractivity contribution < 1.29 is 9.90 Å². The summed E-state index contributed by atoms with van der Waals surface area (Å²) < 4.78 is 0. The largest absolute Gasteiger partial charge is 0.396 e. The van der Waals surface area contributed by atoms with Gasteiger partial charge in [0.25, 0.3) is 0 Å². The van der Waals surface area contributed by atoms with Gasteiger partial charge < -0.3 is 15.7 Å². The summed E-state index contributed by atoms with van der Waals surface area (Å²) in [5, 5.41) is 14.8. The van der Waals surface area contributed by atoms with E-state index in [0.29, 0.717) is 18.9 Å². The van der Waals surface area contributed by atoms with E-state index in [1.54, 1.807) is 0 Å². The van der Waals surface area contributed by atoms with Crippen LogP contribution in [0.3, 0.4) is 0 Å². The number of aliphatic hydroxyl groups is 1. The highest BCUT2D eigenvalue weighted by Gasteiger charge is 2.19. The minimum absolute atomic E-state index is 0.000604. The average Bonchev–Trinajstić information content (AvgIpc) is 2.43. The van der Waals surface area contributed by atoms with Gasteiger partial charge >= 0.3 is 6.03 Å². The molecule has 0 aliphatic rings. The first-order valence-corrected chi connectivity index (χ1v) is 7.66. The van der Waals surface area contributed by atoms with Crippen molar-refractivity contribution >= 4 is 6.03 Å². The van der Waals surface area contributed by atoms with Crippen LogP contribution in [0.15, 0.2) is 24.3 Å². The highest BCUT2D eigenvalue weighted by atomic mass is 16.3. The fraction of sp³-hybridized carbons (Fsp3) is 0.588. The standard InChI is InChI=1S/C17H28N2O2/c1-12(2)16(15-8-6-5-7-14(15)4)19-17(21)18-11-13(3)9-10-20/h5-8,12-13,16,20H,9-11H2,1-4H3,(H2,18,19,21). The molecule has 0 spiro atoms. The molecule has 2 unspecified atom stereocenters. The third-order valence-corrected chi connectivity index (χ3v) is 3.71. The lowest BCUT2D eigenvalue weighted by atomic mass is 9.93. The molecule has 2 amide bonds. The first-order valence-electron chi connectivity index (χ1n) is 7.66. The van der Waals surface area contributed by atoms with Gasteiger partial charge in [-0.1, -0.05) is 45.0 Å². The summed E-state index contributed by atoms with van der Waals surface area (Å²) in [4.78, 5) is 12.1. The maximum absolute atomic E-state index is 12.1. The predicted octanol–water partition coefficient (Wildman–Crippen LogP) is 3.01. The molecule has 0 aliphatic heterocycles. The maximum atomic E-state index is 12.1. The molecule has 21 heavy (non-hydrogen) atoms. The molecule has 2 atom stereocenters. The van der Waals surface area contributed by atoms with E-state index in [1.165, 1.54) is 5.56 Å². The number of hydrogen-bond donors (Lipinski definition) is 3. The van der Waals surface area contributed by atoms with Gasteiger partial charge in [0.2, 0.25) is 0 Å². The Morgan fingerprint density at radius 3 is 2.48 bits per heavy atom. The van der Waals surface area contributed by atoms with Crippen LogP contribution in [0.2, 0.25) is 0 Å². The monoisotopic (exact) mass is 292 g/mol. The Morgan fingerprint density at radius 2 is 1.90 bits per heavy atom. The molecule has 0 heterocycles. The van der Waals surface area contributed by atoms with E-state index >= 15 is 0 Å². The van der Waals surface area contributed by atoms with Crippen molar-refractivity contribution in [2.75, 3.05) is 13.2 Å². The first kappa shape index (κ1) is 17.5. The van der Waals surface area contributed by atoms with Crippen LogP contribution in [0.25, 0.3) is 0 Å². The predicted molar refractivity (Wildman–Crippen MR) is 86.2 cm³/mol. The van der Waals surface area contributed by atoms with Crippen LogP contribution >= 0.6 is 0 Å². The van der Waals surface area contributed by atoms with Gasteiger partial charge in [-0.15, -0.1) is 0 Å². The number of carbonyl (C=O) groups is 1. The topological polar surface area (TPSA) is 61.4 Å². The second-order valence-corrected chi connectivity index (χ2v) is 6.05. The van der Waals surface area contributed by atoms with Gasteiger partial charge in [0.15, 0.2) is 0 Å². The molecule has 0 aliphatic carbocycles. The van der Waals surface area contributed by atoms with E-state index in [2.05, 4.69) is 43.5 Å². The zero-order valence-electron chi connectivity index (χ0n) is 13.5. The van der Waals surface area contributed by atoms with Crippen LogP contribution in [0, 0.1) is 18.8 Å². The summed E-state index contributed by atoms with van der Waals surface area (Å²) in [6.07, 6.45) is 0.700. The summed E-state index contributed by atoms with van der Waals surface area (Å²) >= 11 is 0. The van der Waals surface area contributed by atoms with Gasteiger partial charge in [0, 0.05) is 13.2 Å². The molecular formula is C17H28N2O2. The molecule has 0 aromatic heterocycles. The lowest BCUT2D eigenvalue weighted by Gasteiger charge is -2.25. The minimum atomic E-state index is -0.151. The van der Waals surface area contributed by atoms with E-state index in [9.17, 15) is 4.79 Å². The molecule has 4 nitrogen and oxygen atoms in total. The molecular weight excluding hydrogens is 264 g/mol. The smallest absolute Gasteiger partial charge is 0.315 e. The van der Waals surface area contributed by atoms with Crippen molar-refractivity contribution in [2.24, 2.45) is 11.8 Å². The van der Waals surface area contributed by atoms with Gasteiger partial charge in [0.1, 0.15) is 0 Å². The van der Waals surface area contributed by atoms with Gasteiger partial charge in [-0.2, -0.15) is 0 Å². The lowest BCUT2D eigenvalue weighted by molar-refractivity contribution is 0.227. The van der Waals surface area contributed by atoms with E-state index < -0.39 is 0 Å². The number of aliphatic hydroxyl groups excluding tert-OH is 1. The maximum Gasteiger partial charge on any atom is 0.315 e. The molecule has 1 rings (SSSR count). The van der Waals surface area contributed by atoms with Crippen molar-refractivity contribution in [3.05, 3.63) is 35.4 Å². The highest BCUT2D eigenvalue weighted by Crippen LogP contribution is 2.24. The number of benzene rings is 1. The quantitative estimate of drug-likeness (QED) is 0.723. The molecule has 118 valence electrons. The summed E-state index contributed by atoms with van der Waals surface area (Å²) in [5.74, 6) is 0.587. The highest BCUT2D eigenvalue weighted by molar-refractivity contribution is 5.74. The third kappa shape index (κ3) is 5.76. The van der Waals surface area contributed by atoms with E-state index in [0.717, 1.165) is 5.56 Å². The third-order valence-electron chi connectivity index (χ3n) is 3.71. The molecule has 1 aromatic carbocycles. The lowest BCUT2D eigenvalue weighted by Crippen LogP contribution is -2.41. The zero-order valence-corrected chi connectivity index (χ0v) is 13.5. The van der Waals surface area contributed by atoms with Crippen molar-refractivity contribution in [3.63, 3.8) is 0 Å². The van der Waals surface area contributed by atoms with Crippen LogP contribution < -0.4 is 10.6 Å². The van der Waals surface area contributed by atoms with Crippen molar-refractivity contribution in [1.29, 1.82) is 0 Å². The fourth-order valence-electron chi connectivity index (χ4n) is 2.32. The number of amides is 2. The van der Waals surface area contributed by atoms with E-state index in [4.69, 9.17) is 5.11 Å². The summed E-state index contributed by atoms with van der Waals surface area (Å²) in [7, 11) is 0. The zero-order chi connectivity index (χ0) is 15.8. The van der Waals surface area contributed by atoms with Crippen LogP contribution in [0.4, 0.5) is 4.79 Å². The number of rotatable bonds is 7. The Hall–Kier alpha value is -1.55. The van der Waals surface area contributed by atoms with Crippen molar-refractivity contribution in [3.8, 4) is 0 Å². The van der Waals surface area contributed by atoms with Crippen LogP contribution in [-0.4, -0.2) is 24.3 Å².